The van der Waals surface area contributed by atoms with Crippen molar-refractivity contribution in [1.82, 2.24) is 15.6 Å². The third-order valence-corrected chi connectivity index (χ3v) is 6.01. The summed E-state index contributed by atoms with van der Waals surface area (Å²) in [6.07, 6.45) is 0. The van der Waals surface area contributed by atoms with Crippen LogP contribution in [0.25, 0.3) is 22.6 Å². The van der Waals surface area contributed by atoms with Gasteiger partial charge in [-0.1, -0.05) is 32.0 Å². The lowest BCUT2D eigenvalue weighted by molar-refractivity contribution is 0.0975. The van der Waals surface area contributed by atoms with E-state index in [1.165, 1.54) is 5.56 Å². The van der Waals surface area contributed by atoms with E-state index in [2.05, 4.69) is 41.6 Å². The number of hydrogen-bond donors (Lipinski definition) is 2. The fourth-order valence-electron chi connectivity index (χ4n) is 3.78. The zero-order chi connectivity index (χ0) is 24.4. The highest BCUT2D eigenvalue weighted by atomic mass is 32.1. The van der Waals surface area contributed by atoms with Crippen LogP contribution in [0.5, 0.6) is 11.5 Å². The second-order valence-corrected chi connectivity index (χ2v) is 9.00. The van der Waals surface area contributed by atoms with Crippen molar-refractivity contribution in [1.29, 1.82) is 0 Å². The molecule has 0 atom stereocenters. The summed E-state index contributed by atoms with van der Waals surface area (Å²) in [5.41, 5.74) is 5.20. The molecule has 35 heavy (non-hydrogen) atoms. The van der Waals surface area contributed by atoms with Crippen molar-refractivity contribution in [2.24, 2.45) is 0 Å². The van der Waals surface area contributed by atoms with Gasteiger partial charge in [0.15, 0.2) is 22.2 Å². The maximum atomic E-state index is 12.5. The van der Waals surface area contributed by atoms with Crippen molar-refractivity contribution in [2.75, 3.05) is 13.2 Å². The van der Waals surface area contributed by atoms with Gasteiger partial charge in [0.1, 0.15) is 18.7 Å². The Morgan fingerprint density at radius 3 is 2.54 bits per heavy atom. The molecule has 0 unspecified atom stereocenters. The number of fused-ring (bicyclic) bond motifs is 2. The third kappa shape index (κ3) is 5.12. The van der Waals surface area contributed by atoms with Crippen LogP contribution >= 0.6 is 12.2 Å². The molecule has 178 valence electrons. The van der Waals surface area contributed by atoms with E-state index in [4.69, 9.17) is 26.1 Å². The van der Waals surface area contributed by atoms with E-state index in [9.17, 15) is 4.79 Å². The maximum Gasteiger partial charge on any atom is 0.257 e. The van der Waals surface area contributed by atoms with Gasteiger partial charge in [0, 0.05) is 17.7 Å². The number of aromatic nitrogens is 1. The van der Waals surface area contributed by atoms with Crippen molar-refractivity contribution in [2.45, 2.75) is 26.3 Å². The lowest BCUT2D eigenvalue weighted by Crippen LogP contribution is -2.38. The summed E-state index contributed by atoms with van der Waals surface area (Å²) in [6, 6.07) is 19.0. The van der Waals surface area contributed by atoms with E-state index in [1.54, 1.807) is 18.2 Å². The lowest BCUT2D eigenvalue weighted by Gasteiger charge is -2.18. The first-order valence-electron chi connectivity index (χ1n) is 11.4. The van der Waals surface area contributed by atoms with E-state index in [1.807, 2.05) is 30.3 Å². The molecule has 8 heteroatoms. The summed E-state index contributed by atoms with van der Waals surface area (Å²) >= 11 is 5.29. The molecule has 1 aliphatic heterocycles. The highest BCUT2D eigenvalue weighted by molar-refractivity contribution is 7.80. The fourth-order valence-corrected chi connectivity index (χ4v) is 3.94. The van der Waals surface area contributed by atoms with Crippen LogP contribution in [0.3, 0.4) is 0 Å². The van der Waals surface area contributed by atoms with Crippen LogP contribution in [0.2, 0.25) is 0 Å². The molecule has 0 radical (unpaired) electrons. The van der Waals surface area contributed by atoms with Crippen molar-refractivity contribution >= 4 is 34.3 Å². The Morgan fingerprint density at radius 2 is 1.77 bits per heavy atom. The van der Waals surface area contributed by atoms with Gasteiger partial charge >= 0.3 is 0 Å². The van der Waals surface area contributed by atoms with Crippen LogP contribution in [0.4, 0.5) is 0 Å². The fraction of sp³-hybridized carbons (Fsp3) is 0.222. The molecule has 3 aromatic carbocycles. The zero-order valence-electron chi connectivity index (χ0n) is 19.5. The van der Waals surface area contributed by atoms with Gasteiger partial charge in [-0.3, -0.25) is 10.1 Å². The molecule has 2 heterocycles. The number of amides is 1. The number of oxazole rings is 1. The predicted molar refractivity (Wildman–Crippen MR) is 138 cm³/mol. The standard InChI is InChI=1S/C27H25N3O4S/c1-16(2)19-7-9-22-21(13-19)29-26(34-22)18-5-3-17(4-6-18)15-28-27(35)30-25(31)20-8-10-23-24(14-20)33-12-11-32-23/h3-10,13-14,16H,11-12,15H2,1-2H3,(H2,28,30,31,35). The van der Waals surface area contributed by atoms with Crippen LogP contribution in [-0.4, -0.2) is 29.2 Å². The molecule has 0 spiro atoms. The summed E-state index contributed by atoms with van der Waals surface area (Å²) in [5.74, 6) is 1.90. The maximum absolute atomic E-state index is 12.5. The average molecular weight is 488 g/mol. The molecule has 5 rings (SSSR count). The summed E-state index contributed by atoms with van der Waals surface area (Å²) in [7, 11) is 0. The van der Waals surface area contributed by atoms with Gasteiger partial charge in [-0.15, -0.1) is 0 Å². The molecule has 7 nitrogen and oxygen atoms in total. The van der Waals surface area contributed by atoms with Crippen LogP contribution in [0.15, 0.2) is 65.1 Å². The molecule has 0 saturated heterocycles. The Kier molecular flexibility index (Phi) is 6.37. The number of hydrogen-bond acceptors (Lipinski definition) is 6. The van der Waals surface area contributed by atoms with Crippen molar-refractivity contribution in [3.05, 3.63) is 77.4 Å². The quantitative estimate of drug-likeness (QED) is 0.375. The minimum atomic E-state index is -0.314. The summed E-state index contributed by atoms with van der Waals surface area (Å²) < 4.78 is 17.0. The van der Waals surface area contributed by atoms with Crippen molar-refractivity contribution in [3.63, 3.8) is 0 Å². The number of carbonyl (C=O) groups excluding carboxylic acids is 1. The van der Waals surface area contributed by atoms with E-state index >= 15 is 0 Å². The number of nitrogens with one attached hydrogen (secondary N) is 2. The Balaban J connectivity index is 1.18. The third-order valence-electron chi connectivity index (χ3n) is 5.76. The lowest BCUT2D eigenvalue weighted by atomic mass is 10.0. The molecule has 2 N–H and O–H groups in total. The second-order valence-electron chi connectivity index (χ2n) is 8.59. The summed E-state index contributed by atoms with van der Waals surface area (Å²) in [6.45, 7) is 5.74. The Bertz CT molecular complexity index is 1400. The largest absolute Gasteiger partial charge is 0.486 e. The molecule has 4 aromatic rings. The molecule has 1 amide bonds. The molecular formula is C27H25N3O4S. The number of rotatable bonds is 5. The number of benzene rings is 3. The smallest absolute Gasteiger partial charge is 0.257 e. The first kappa shape index (κ1) is 22.9. The monoisotopic (exact) mass is 487 g/mol. The van der Waals surface area contributed by atoms with Crippen LogP contribution in [0, 0.1) is 0 Å². The van der Waals surface area contributed by atoms with Gasteiger partial charge in [-0.25, -0.2) is 4.98 Å². The normalized spacial score (nSPS) is 12.5. The van der Waals surface area contributed by atoms with E-state index in [0.29, 0.717) is 48.6 Å². The Hall–Kier alpha value is -3.91. The summed E-state index contributed by atoms with van der Waals surface area (Å²) in [5, 5.41) is 6.01. The topological polar surface area (TPSA) is 85.6 Å². The van der Waals surface area contributed by atoms with E-state index < -0.39 is 0 Å². The van der Waals surface area contributed by atoms with E-state index in [0.717, 1.165) is 22.2 Å². The van der Waals surface area contributed by atoms with Gasteiger partial charge in [0.2, 0.25) is 5.89 Å². The highest BCUT2D eigenvalue weighted by Gasteiger charge is 2.16. The van der Waals surface area contributed by atoms with Crippen molar-refractivity contribution < 1.29 is 18.7 Å². The van der Waals surface area contributed by atoms with Gasteiger partial charge < -0.3 is 19.2 Å². The van der Waals surface area contributed by atoms with E-state index in [-0.39, 0.29) is 11.0 Å². The first-order valence-corrected chi connectivity index (χ1v) is 11.9. The number of carbonyl (C=O) groups is 1. The van der Waals surface area contributed by atoms with Gasteiger partial charge in [-0.2, -0.15) is 0 Å². The Morgan fingerprint density at radius 1 is 1.00 bits per heavy atom. The molecule has 0 saturated carbocycles. The van der Waals surface area contributed by atoms with Crippen LogP contribution < -0.4 is 20.1 Å². The molecular weight excluding hydrogens is 462 g/mol. The highest BCUT2D eigenvalue weighted by Crippen LogP contribution is 2.31. The number of thiocarbonyl (C=S) groups is 1. The van der Waals surface area contributed by atoms with Gasteiger partial charge in [0.05, 0.1) is 0 Å². The van der Waals surface area contributed by atoms with Crippen LogP contribution in [-0.2, 0) is 6.54 Å². The minimum Gasteiger partial charge on any atom is -0.486 e. The second kappa shape index (κ2) is 9.76. The first-order chi connectivity index (χ1) is 17.0. The van der Waals surface area contributed by atoms with Gasteiger partial charge in [-0.05, 0) is 71.7 Å². The predicted octanol–water partition coefficient (Wildman–Crippen LogP) is 5.19. The van der Waals surface area contributed by atoms with Crippen molar-refractivity contribution in [3.8, 4) is 23.0 Å². The zero-order valence-corrected chi connectivity index (χ0v) is 20.3. The number of ether oxygens (including phenoxy) is 2. The minimum absolute atomic E-state index is 0.244. The molecule has 0 fully saturated rings. The Labute approximate surface area is 208 Å². The SMILES string of the molecule is CC(C)c1ccc2oc(-c3ccc(CNC(=S)NC(=O)c4ccc5c(c4)OCCO5)cc3)nc2c1. The van der Waals surface area contributed by atoms with Crippen LogP contribution in [0.1, 0.15) is 41.3 Å². The average Bonchev–Trinajstić information content (AvgIpc) is 3.31. The van der Waals surface area contributed by atoms with Gasteiger partial charge in [0.25, 0.3) is 5.91 Å². The molecule has 1 aliphatic rings. The molecule has 1 aromatic heterocycles. The number of nitrogens with zero attached hydrogens (tertiary/aromatic N) is 1. The molecule has 0 bridgehead atoms. The molecule has 0 aliphatic carbocycles. The summed E-state index contributed by atoms with van der Waals surface area (Å²) in [4.78, 5) is 17.2.